The highest BCUT2D eigenvalue weighted by Gasteiger charge is 2.25. The Hall–Kier alpha value is -0.940. The highest BCUT2D eigenvalue weighted by Crippen LogP contribution is 2.23. The van der Waals surface area contributed by atoms with Crippen LogP contribution in [0.3, 0.4) is 0 Å². The average Bonchev–Trinajstić information content (AvgIpc) is 2.46. The van der Waals surface area contributed by atoms with Crippen molar-refractivity contribution in [3.8, 4) is 0 Å². The maximum atomic E-state index is 13.1. The van der Waals surface area contributed by atoms with Gasteiger partial charge in [-0.15, -0.1) is 0 Å². The fraction of sp³-hybridized carbons (Fsp3) is 0.625. The lowest BCUT2D eigenvalue weighted by molar-refractivity contribution is 0.383. The number of benzene rings is 1. The predicted molar refractivity (Wildman–Crippen MR) is 83.5 cm³/mol. The zero-order chi connectivity index (χ0) is 15.3. The molecule has 1 unspecified atom stereocenters. The van der Waals surface area contributed by atoms with Gasteiger partial charge in [0.1, 0.15) is 15.7 Å². The van der Waals surface area contributed by atoms with E-state index in [2.05, 4.69) is 12.2 Å². The van der Waals surface area contributed by atoms with Gasteiger partial charge in [-0.05, 0) is 37.0 Å². The van der Waals surface area contributed by atoms with Gasteiger partial charge in [0.25, 0.3) is 0 Å². The Morgan fingerprint density at radius 1 is 1.24 bits per heavy atom. The number of unbranched alkanes of at least 4 members (excludes halogenated alkanes) is 1. The first-order chi connectivity index (χ1) is 10.00. The maximum absolute atomic E-state index is 13.1. The molecule has 0 amide bonds. The van der Waals surface area contributed by atoms with Gasteiger partial charge in [-0.2, -0.15) is 0 Å². The molecule has 3 nitrogen and oxygen atoms in total. The third kappa shape index (κ3) is 5.08. The molecular weight excluding hydrogens is 289 g/mol. The molecule has 1 aliphatic heterocycles. The summed E-state index contributed by atoms with van der Waals surface area (Å²) in [6, 6.07) is 7.03. The van der Waals surface area contributed by atoms with Crippen LogP contribution in [0.1, 0.15) is 50.6 Å². The fourth-order valence-electron chi connectivity index (χ4n) is 2.79. The van der Waals surface area contributed by atoms with Crippen molar-refractivity contribution in [3.05, 3.63) is 35.6 Å². The summed E-state index contributed by atoms with van der Waals surface area (Å²) in [5, 5.41) is 3.58. The molecular formula is C16H24FNO2S. The number of sulfone groups is 1. The summed E-state index contributed by atoms with van der Waals surface area (Å²) in [5.74, 6) is 0.320. The zero-order valence-corrected chi connectivity index (χ0v) is 13.3. The quantitative estimate of drug-likeness (QED) is 0.877. The minimum absolute atomic E-state index is 0.177. The molecule has 0 spiro atoms. The van der Waals surface area contributed by atoms with Gasteiger partial charge in [-0.3, -0.25) is 0 Å². The molecule has 2 rings (SSSR count). The lowest BCUT2D eigenvalue weighted by atomic mass is 9.99. The van der Waals surface area contributed by atoms with E-state index < -0.39 is 9.84 Å². The summed E-state index contributed by atoms with van der Waals surface area (Å²) in [4.78, 5) is 0. The molecule has 1 heterocycles. The van der Waals surface area contributed by atoms with Gasteiger partial charge in [0, 0.05) is 12.1 Å². The lowest BCUT2D eigenvalue weighted by Crippen LogP contribution is -2.39. The van der Waals surface area contributed by atoms with Crippen LogP contribution in [0.5, 0.6) is 0 Å². The summed E-state index contributed by atoms with van der Waals surface area (Å²) in [7, 11) is -2.83. The molecule has 1 aliphatic rings. The molecule has 118 valence electrons. The van der Waals surface area contributed by atoms with Crippen molar-refractivity contribution in [1.29, 1.82) is 0 Å². The second kappa shape index (κ2) is 7.36. The van der Waals surface area contributed by atoms with Crippen molar-refractivity contribution in [1.82, 2.24) is 5.32 Å². The first-order valence-corrected chi connectivity index (χ1v) is 9.54. The third-order valence-corrected chi connectivity index (χ3v) is 5.83. The van der Waals surface area contributed by atoms with Gasteiger partial charge in [-0.25, -0.2) is 12.8 Å². The summed E-state index contributed by atoms with van der Waals surface area (Å²) in [6.07, 6.45) is 4.54. The lowest BCUT2D eigenvalue weighted by Gasteiger charge is -2.29. The maximum Gasteiger partial charge on any atom is 0.150 e. The zero-order valence-electron chi connectivity index (χ0n) is 12.5. The van der Waals surface area contributed by atoms with E-state index in [1.807, 2.05) is 12.1 Å². The summed E-state index contributed by atoms with van der Waals surface area (Å²) < 4.78 is 36.0. The SMILES string of the molecule is CCCCC(NC1CCS(=O)(=O)CC1)c1ccc(F)cc1. The van der Waals surface area contributed by atoms with E-state index in [4.69, 9.17) is 0 Å². The van der Waals surface area contributed by atoms with Crippen molar-refractivity contribution in [3.63, 3.8) is 0 Å². The van der Waals surface area contributed by atoms with Crippen LogP contribution < -0.4 is 5.32 Å². The van der Waals surface area contributed by atoms with Gasteiger partial charge >= 0.3 is 0 Å². The number of rotatable bonds is 6. The molecule has 1 aromatic carbocycles. The van der Waals surface area contributed by atoms with Crippen LogP contribution in [-0.2, 0) is 9.84 Å². The van der Waals surface area contributed by atoms with E-state index in [1.165, 1.54) is 12.1 Å². The monoisotopic (exact) mass is 313 g/mol. The van der Waals surface area contributed by atoms with Crippen LogP contribution in [0.4, 0.5) is 4.39 Å². The van der Waals surface area contributed by atoms with Crippen molar-refractivity contribution < 1.29 is 12.8 Å². The first kappa shape index (κ1) is 16.4. The van der Waals surface area contributed by atoms with Gasteiger partial charge in [0.05, 0.1) is 11.5 Å². The molecule has 0 bridgehead atoms. The topological polar surface area (TPSA) is 46.2 Å². The normalized spacial score (nSPS) is 20.3. The van der Waals surface area contributed by atoms with Crippen LogP contribution in [-0.4, -0.2) is 26.0 Å². The Bertz CT molecular complexity index is 528. The minimum atomic E-state index is -2.83. The Balaban J connectivity index is 2.01. The van der Waals surface area contributed by atoms with Crippen molar-refractivity contribution in [2.45, 2.75) is 51.1 Å². The van der Waals surface area contributed by atoms with Crippen LogP contribution in [0.15, 0.2) is 24.3 Å². The largest absolute Gasteiger partial charge is 0.307 e. The third-order valence-electron chi connectivity index (χ3n) is 4.11. The molecule has 5 heteroatoms. The van der Waals surface area contributed by atoms with E-state index in [-0.39, 0.29) is 29.4 Å². The Kier molecular flexibility index (Phi) is 5.76. The van der Waals surface area contributed by atoms with Gasteiger partial charge in [0.2, 0.25) is 0 Å². The predicted octanol–water partition coefficient (Wildman–Crippen LogP) is 3.22. The Morgan fingerprint density at radius 2 is 1.86 bits per heavy atom. The fourth-order valence-corrected chi connectivity index (χ4v) is 4.28. The molecule has 1 aromatic rings. The summed E-state index contributed by atoms with van der Waals surface area (Å²) in [6.45, 7) is 2.15. The van der Waals surface area contributed by atoms with E-state index >= 15 is 0 Å². The first-order valence-electron chi connectivity index (χ1n) is 7.72. The van der Waals surface area contributed by atoms with Gasteiger partial charge in [0.15, 0.2) is 0 Å². The van der Waals surface area contributed by atoms with Crippen LogP contribution in [0.2, 0.25) is 0 Å². The molecule has 1 N–H and O–H groups in total. The molecule has 0 aliphatic carbocycles. The van der Waals surface area contributed by atoms with Crippen molar-refractivity contribution >= 4 is 9.84 Å². The smallest absolute Gasteiger partial charge is 0.150 e. The highest BCUT2D eigenvalue weighted by atomic mass is 32.2. The number of hydrogen-bond acceptors (Lipinski definition) is 3. The number of halogens is 1. The van der Waals surface area contributed by atoms with E-state index in [0.717, 1.165) is 24.8 Å². The number of hydrogen-bond donors (Lipinski definition) is 1. The molecule has 0 radical (unpaired) electrons. The second-order valence-corrected chi connectivity index (χ2v) is 8.14. The standard InChI is InChI=1S/C16H24FNO2S/c1-2-3-4-16(13-5-7-14(17)8-6-13)18-15-9-11-21(19,20)12-10-15/h5-8,15-16,18H,2-4,9-12H2,1H3. The van der Waals surface area contributed by atoms with Crippen LogP contribution in [0, 0.1) is 5.82 Å². The summed E-state index contributed by atoms with van der Waals surface area (Å²) >= 11 is 0. The number of nitrogens with one attached hydrogen (secondary N) is 1. The molecule has 21 heavy (non-hydrogen) atoms. The Morgan fingerprint density at radius 3 is 2.43 bits per heavy atom. The molecule has 1 atom stereocenters. The van der Waals surface area contributed by atoms with E-state index in [9.17, 15) is 12.8 Å². The van der Waals surface area contributed by atoms with Crippen molar-refractivity contribution in [2.75, 3.05) is 11.5 Å². The van der Waals surface area contributed by atoms with Crippen molar-refractivity contribution in [2.24, 2.45) is 0 Å². The van der Waals surface area contributed by atoms with Gasteiger partial charge in [-0.1, -0.05) is 31.9 Å². The van der Waals surface area contributed by atoms with Gasteiger partial charge < -0.3 is 5.32 Å². The second-order valence-electron chi connectivity index (χ2n) is 5.84. The molecule has 0 saturated carbocycles. The molecule has 1 fully saturated rings. The van der Waals surface area contributed by atoms with E-state index in [0.29, 0.717) is 12.8 Å². The average molecular weight is 313 g/mol. The Labute approximate surface area is 126 Å². The highest BCUT2D eigenvalue weighted by molar-refractivity contribution is 7.91. The molecule has 1 saturated heterocycles. The molecule has 0 aromatic heterocycles. The summed E-state index contributed by atoms with van der Waals surface area (Å²) in [5.41, 5.74) is 1.08. The minimum Gasteiger partial charge on any atom is -0.307 e. The van der Waals surface area contributed by atoms with E-state index in [1.54, 1.807) is 0 Å². The van der Waals surface area contributed by atoms with Crippen LogP contribution in [0.25, 0.3) is 0 Å². The van der Waals surface area contributed by atoms with Crippen LogP contribution >= 0.6 is 0 Å².